The summed E-state index contributed by atoms with van der Waals surface area (Å²) in [6, 6.07) is 8.08. The summed E-state index contributed by atoms with van der Waals surface area (Å²) >= 11 is 0. The number of rotatable bonds is 6. The maximum Gasteiger partial charge on any atom is 0.139 e. The Morgan fingerprint density at radius 2 is 1.93 bits per heavy atom. The summed E-state index contributed by atoms with van der Waals surface area (Å²) < 4.78 is 5.47. The van der Waals surface area contributed by atoms with Crippen LogP contribution < -0.4 is 16.0 Å². The van der Waals surface area contributed by atoms with Crippen molar-refractivity contribution in [1.29, 1.82) is 0 Å². The van der Waals surface area contributed by atoms with Crippen molar-refractivity contribution in [3.05, 3.63) is 29.8 Å². The third-order valence-corrected chi connectivity index (χ3v) is 1.90. The normalized spacial score (nSPS) is 10.7. The third kappa shape index (κ3) is 4.78. The molecule has 0 saturated heterocycles. The zero-order valence-electron chi connectivity index (χ0n) is 9.19. The van der Waals surface area contributed by atoms with Gasteiger partial charge in [0.2, 0.25) is 0 Å². The van der Waals surface area contributed by atoms with Crippen molar-refractivity contribution in [2.45, 2.75) is 26.5 Å². The van der Waals surface area contributed by atoms with E-state index in [-0.39, 0.29) is 0 Å². The lowest BCUT2D eigenvalue weighted by molar-refractivity contribution is 0.124. The van der Waals surface area contributed by atoms with Gasteiger partial charge in [0.25, 0.3) is 0 Å². The van der Waals surface area contributed by atoms with Crippen LogP contribution in [-0.4, -0.2) is 12.8 Å². The van der Waals surface area contributed by atoms with Crippen molar-refractivity contribution in [3.63, 3.8) is 0 Å². The van der Waals surface area contributed by atoms with Gasteiger partial charge in [-0.15, -0.1) is 0 Å². The van der Waals surface area contributed by atoms with E-state index in [1.807, 2.05) is 24.3 Å². The van der Waals surface area contributed by atoms with Gasteiger partial charge >= 0.3 is 0 Å². The standard InChI is InChI=1S/C11H18N2O2/c1-9(2)13-8-14-11-5-3-10(4-6-11)7-15-12/h3-6,9,13H,7-8,12H2,1-2H3. The van der Waals surface area contributed by atoms with Crippen molar-refractivity contribution >= 4 is 0 Å². The first-order valence-corrected chi connectivity index (χ1v) is 4.99. The van der Waals surface area contributed by atoms with Gasteiger partial charge in [0, 0.05) is 6.04 Å². The quantitative estimate of drug-likeness (QED) is 0.550. The van der Waals surface area contributed by atoms with Crippen molar-refractivity contribution in [2.24, 2.45) is 5.90 Å². The first kappa shape index (κ1) is 12.0. The van der Waals surface area contributed by atoms with E-state index in [0.717, 1.165) is 11.3 Å². The van der Waals surface area contributed by atoms with E-state index in [0.29, 0.717) is 19.4 Å². The minimum Gasteiger partial charge on any atom is -0.478 e. The Morgan fingerprint density at radius 3 is 2.47 bits per heavy atom. The molecule has 4 heteroatoms. The highest BCUT2D eigenvalue weighted by Gasteiger charge is 1.96. The van der Waals surface area contributed by atoms with E-state index in [4.69, 9.17) is 10.6 Å². The number of ether oxygens (including phenoxy) is 1. The molecule has 15 heavy (non-hydrogen) atoms. The molecule has 1 aromatic carbocycles. The van der Waals surface area contributed by atoms with Gasteiger partial charge in [0.15, 0.2) is 0 Å². The topological polar surface area (TPSA) is 56.5 Å². The third-order valence-electron chi connectivity index (χ3n) is 1.90. The van der Waals surface area contributed by atoms with Gasteiger partial charge in [0.1, 0.15) is 12.5 Å². The summed E-state index contributed by atoms with van der Waals surface area (Å²) in [5.74, 6) is 5.81. The lowest BCUT2D eigenvalue weighted by Crippen LogP contribution is -2.27. The molecule has 4 nitrogen and oxygen atoms in total. The van der Waals surface area contributed by atoms with Crippen molar-refractivity contribution in [1.82, 2.24) is 5.32 Å². The van der Waals surface area contributed by atoms with Crippen LogP contribution in [-0.2, 0) is 11.4 Å². The molecule has 84 valence electrons. The lowest BCUT2D eigenvalue weighted by Gasteiger charge is -2.10. The minimum absolute atomic E-state index is 0.421. The Hall–Kier alpha value is -1.10. The molecule has 3 N–H and O–H groups in total. The summed E-state index contributed by atoms with van der Waals surface area (Å²) in [6.45, 7) is 5.09. The van der Waals surface area contributed by atoms with Crippen LogP contribution in [0.3, 0.4) is 0 Å². The Kier molecular flexibility index (Phi) is 5.10. The van der Waals surface area contributed by atoms with Crippen molar-refractivity contribution in [3.8, 4) is 5.75 Å². The number of benzene rings is 1. The molecule has 0 amide bonds. The van der Waals surface area contributed by atoms with Gasteiger partial charge < -0.3 is 4.74 Å². The molecule has 0 bridgehead atoms. The van der Waals surface area contributed by atoms with Crippen molar-refractivity contribution in [2.75, 3.05) is 6.73 Å². The summed E-state index contributed by atoms with van der Waals surface area (Å²) in [6.07, 6.45) is 0. The fourth-order valence-electron chi connectivity index (χ4n) is 1.07. The Bertz CT molecular complexity index is 272. The second kappa shape index (κ2) is 6.40. The molecule has 0 atom stereocenters. The molecule has 0 radical (unpaired) electrons. The molecule has 0 aliphatic heterocycles. The second-order valence-corrected chi connectivity index (χ2v) is 3.60. The molecular formula is C11H18N2O2. The molecule has 1 rings (SSSR count). The first-order chi connectivity index (χ1) is 7.22. The van der Waals surface area contributed by atoms with Crippen molar-refractivity contribution < 1.29 is 9.57 Å². The Balaban J connectivity index is 2.36. The number of hydrogen-bond donors (Lipinski definition) is 2. The van der Waals surface area contributed by atoms with E-state index >= 15 is 0 Å². The van der Waals surface area contributed by atoms with Gasteiger partial charge in [0.05, 0.1) is 6.61 Å². The summed E-state index contributed by atoms with van der Waals surface area (Å²) in [7, 11) is 0. The smallest absolute Gasteiger partial charge is 0.139 e. The zero-order chi connectivity index (χ0) is 11.1. The van der Waals surface area contributed by atoms with E-state index in [9.17, 15) is 0 Å². The monoisotopic (exact) mass is 210 g/mol. The molecule has 0 aliphatic rings. The largest absolute Gasteiger partial charge is 0.478 e. The molecule has 0 saturated carbocycles. The van der Waals surface area contributed by atoms with Gasteiger partial charge in [-0.25, -0.2) is 5.90 Å². The highest BCUT2D eigenvalue weighted by atomic mass is 16.6. The zero-order valence-corrected chi connectivity index (χ0v) is 9.19. The SMILES string of the molecule is CC(C)NCOc1ccc(CON)cc1. The highest BCUT2D eigenvalue weighted by Crippen LogP contribution is 2.11. The van der Waals surface area contributed by atoms with Crippen LogP contribution in [0.15, 0.2) is 24.3 Å². The molecule has 0 aliphatic carbocycles. The van der Waals surface area contributed by atoms with Crippen LogP contribution in [0.2, 0.25) is 0 Å². The van der Waals surface area contributed by atoms with Gasteiger partial charge in [-0.2, -0.15) is 0 Å². The molecule has 0 unspecified atom stereocenters. The van der Waals surface area contributed by atoms with E-state index in [1.54, 1.807) is 0 Å². The van der Waals surface area contributed by atoms with Crippen LogP contribution in [0.25, 0.3) is 0 Å². The predicted molar refractivity (Wildman–Crippen MR) is 59.2 cm³/mol. The van der Waals surface area contributed by atoms with Crippen LogP contribution >= 0.6 is 0 Å². The van der Waals surface area contributed by atoms with Crippen LogP contribution in [0, 0.1) is 0 Å². The molecule has 0 spiro atoms. The maximum atomic E-state index is 5.47. The van der Waals surface area contributed by atoms with Crippen LogP contribution in [0.1, 0.15) is 19.4 Å². The Morgan fingerprint density at radius 1 is 1.27 bits per heavy atom. The van der Waals surface area contributed by atoms with Gasteiger partial charge in [-0.1, -0.05) is 12.1 Å². The lowest BCUT2D eigenvalue weighted by atomic mass is 10.2. The van der Waals surface area contributed by atoms with E-state index in [2.05, 4.69) is 24.0 Å². The summed E-state index contributed by atoms with van der Waals surface area (Å²) in [5.41, 5.74) is 1.03. The van der Waals surface area contributed by atoms with E-state index in [1.165, 1.54) is 0 Å². The number of hydrogen-bond acceptors (Lipinski definition) is 4. The first-order valence-electron chi connectivity index (χ1n) is 4.99. The minimum atomic E-state index is 0.421. The van der Waals surface area contributed by atoms with Gasteiger partial charge in [-0.05, 0) is 31.5 Å². The van der Waals surface area contributed by atoms with Crippen LogP contribution in [0.4, 0.5) is 0 Å². The molecule has 1 aromatic rings. The number of nitrogens with two attached hydrogens (primary N) is 1. The number of nitrogens with one attached hydrogen (secondary N) is 1. The average Bonchev–Trinajstić information content (AvgIpc) is 2.20. The summed E-state index contributed by atoms with van der Waals surface area (Å²) in [5, 5.41) is 3.17. The predicted octanol–water partition coefficient (Wildman–Crippen LogP) is 1.41. The average molecular weight is 210 g/mol. The molecule has 0 aromatic heterocycles. The van der Waals surface area contributed by atoms with E-state index < -0.39 is 0 Å². The summed E-state index contributed by atoms with van der Waals surface area (Å²) in [4.78, 5) is 4.53. The second-order valence-electron chi connectivity index (χ2n) is 3.60. The van der Waals surface area contributed by atoms with Crippen LogP contribution in [0.5, 0.6) is 5.75 Å². The molecular weight excluding hydrogens is 192 g/mol. The molecule has 0 fully saturated rings. The van der Waals surface area contributed by atoms with Gasteiger partial charge in [-0.3, -0.25) is 10.2 Å². The Labute approximate surface area is 90.3 Å². The fraction of sp³-hybridized carbons (Fsp3) is 0.455. The molecule has 0 heterocycles. The fourth-order valence-corrected chi connectivity index (χ4v) is 1.07. The maximum absolute atomic E-state index is 5.47. The highest BCUT2D eigenvalue weighted by molar-refractivity contribution is 5.26.